The number of ketones is 1. The summed E-state index contributed by atoms with van der Waals surface area (Å²) in [4.78, 5) is 26.2. The number of aromatic nitrogens is 6. The van der Waals surface area contributed by atoms with E-state index in [0.717, 1.165) is 11.4 Å². The van der Waals surface area contributed by atoms with E-state index in [9.17, 15) is 9.59 Å². The number of nitrogens with zero attached hydrogens (tertiary/aromatic N) is 6. The summed E-state index contributed by atoms with van der Waals surface area (Å²) in [5, 5.41) is 12.3. The monoisotopic (exact) mass is 488 g/mol. The highest BCUT2D eigenvalue weighted by Gasteiger charge is 2.23. The van der Waals surface area contributed by atoms with Crippen molar-refractivity contribution < 1.29 is 4.79 Å². The summed E-state index contributed by atoms with van der Waals surface area (Å²) in [5.74, 6) is 0.800. The standard InChI is InChI=1S/C26H28N6O2S/c1-18-24(25(34)32(30(18)2)22-11-7-4-8-12-22)31-26(27-28-29-31)35-17-23(33)21-15-13-20(14-16-21)19-9-5-3-6-10-19/h4,7-8,11-16,19H,3,5-6,9-10,17H2,1-2H3. The lowest BCUT2D eigenvalue weighted by Crippen LogP contribution is -2.22. The minimum absolute atomic E-state index is 0.00576. The number of para-hydroxylation sites is 1. The van der Waals surface area contributed by atoms with Gasteiger partial charge in [-0.25, -0.2) is 4.68 Å². The van der Waals surface area contributed by atoms with Crippen molar-refractivity contribution in [2.75, 3.05) is 5.75 Å². The summed E-state index contributed by atoms with van der Waals surface area (Å²) >= 11 is 1.23. The Kier molecular flexibility index (Phi) is 6.68. The number of hydrogen-bond acceptors (Lipinski definition) is 6. The van der Waals surface area contributed by atoms with Gasteiger partial charge in [0, 0.05) is 12.6 Å². The van der Waals surface area contributed by atoms with Crippen LogP contribution in [-0.4, -0.2) is 41.1 Å². The molecule has 0 amide bonds. The molecule has 1 aliphatic rings. The molecule has 0 bridgehead atoms. The van der Waals surface area contributed by atoms with Crippen LogP contribution in [0.4, 0.5) is 0 Å². The van der Waals surface area contributed by atoms with Crippen molar-refractivity contribution in [2.45, 2.75) is 50.1 Å². The lowest BCUT2D eigenvalue weighted by atomic mass is 9.84. The van der Waals surface area contributed by atoms with Crippen LogP contribution < -0.4 is 5.56 Å². The maximum absolute atomic E-state index is 13.3. The zero-order valence-electron chi connectivity index (χ0n) is 19.9. The molecule has 0 N–H and O–H groups in total. The Hall–Kier alpha value is -3.46. The minimum atomic E-state index is -0.227. The number of Topliss-reactive ketones (excluding diaryl/α,β-unsaturated/α-hetero) is 1. The van der Waals surface area contributed by atoms with Gasteiger partial charge in [0.2, 0.25) is 5.16 Å². The topological polar surface area (TPSA) is 87.6 Å². The van der Waals surface area contributed by atoms with Crippen LogP contribution in [0.2, 0.25) is 0 Å². The molecule has 0 aliphatic heterocycles. The lowest BCUT2D eigenvalue weighted by Gasteiger charge is -2.22. The van der Waals surface area contributed by atoms with E-state index in [-0.39, 0.29) is 17.1 Å². The fraction of sp³-hybridized carbons (Fsp3) is 0.346. The largest absolute Gasteiger partial charge is 0.297 e. The van der Waals surface area contributed by atoms with E-state index in [1.165, 1.54) is 54.1 Å². The van der Waals surface area contributed by atoms with Crippen LogP contribution in [0, 0.1) is 6.92 Å². The van der Waals surface area contributed by atoms with E-state index >= 15 is 0 Å². The molecule has 1 saturated carbocycles. The summed E-state index contributed by atoms with van der Waals surface area (Å²) in [5.41, 5.74) is 3.62. The molecule has 2 heterocycles. The molecule has 1 fully saturated rings. The molecular formula is C26H28N6O2S. The van der Waals surface area contributed by atoms with Crippen LogP contribution >= 0.6 is 11.8 Å². The highest BCUT2D eigenvalue weighted by atomic mass is 32.2. The molecule has 0 radical (unpaired) electrons. The highest BCUT2D eigenvalue weighted by Crippen LogP contribution is 2.32. The zero-order valence-corrected chi connectivity index (χ0v) is 20.7. The number of carbonyl (C=O) groups excluding carboxylic acids is 1. The molecule has 180 valence electrons. The first-order chi connectivity index (χ1) is 17.0. The van der Waals surface area contributed by atoms with Gasteiger partial charge in [0.1, 0.15) is 0 Å². The SMILES string of the molecule is Cc1c(-n2nnnc2SCC(=O)c2ccc(C3CCCCC3)cc2)c(=O)n(-c2ccccc2)n1C. The quantitative estimate of drug-likeness (QED) is 0.282. The summed E-state index contributed by atoms with van der Waals surface area (Å²) in [7, 11) is 1.82. The van der Waals surface area contributed by atoms with Gasteiger partial charge in [-0.05, 0) is 53.8 Å². The van der Waals surface area contributed by atoms with Crippen molar-refractivity contribution in [3.05, 3.63) is 81.8 Å². The molecule has 0 spiro atoms. The second-order valence-electron chi connectivity index (χ2n) is 8.95. The van der Waals surface area contributed by atoms with Gasteiger partial charge in [0.05, 0.1) is 17.1 Å². The maximum Gasteiger partial charge on any atom is 0.297 e. The Labute approximate surface area is 207 Å². The average molecular weight is 489 g/mol. The normalized spacial score (nSPS) is 14.3. The predicted molar refractivity (Wildman–Crippen MR) is 136 cm³/mol. The van der Waals surface area contributed by atoms with E-state index < -0.39 is 0 Å². The van der Waals surface area contributed by atoms with Crippen LogP contribution in [0.5, 0.6) is 0 Å². The van der Waals surface area contributed by atoms with E-state index in [2.05, 4.69) is 27.7 Å². The minimum Gasteiger partial charge on any atom is -0.293 e. The Morgan fingerprint density at radius 1 is 1.03 bits per heavy atom. The van der Waals surface area contributed by atoms with Gasteiger partial charge >= 0.3 is 0 Å². The van der Waals surface area contributed by atoms with Gasteiger partial charge in [0.15, 0.2) is 11.5 Å². The smallest absolute Gasteiger partial charge is 0.293 e. The number of rotatable bonds is 7. The molecule has 0 saturated heterocycles. The average Bonchev–Trinajstić information content (AvgIpc) is 3.44. The van der Waals surface area contributed by atoms with Gasteiger partial charge < -0.3 is 0 Å². The van der Waals surface area contributed by atoms with Gasteiger partial charge in [-0.15, -0.1) is 5.10 Å². The highest BCUT2D eigenvalue weighted by molar-refractivity contribution is 7.99. The summed E-state index contributed by atoms with van der Waals surface area (Å²) < 4.78 is 4.79. The Morgan fingerprint density at radius 2 is 1.74 bits per heavy atom. The van der Waals surface area contributed by atoms with Crippen molar-refractivity contribution in [3.8, 4) is 11.4 Å². The summed E-state index contributed by atoms with van der Waals surface area (Å²) in [6.07, 6.45) is 6.36. The van der Waals surface area contributed by atoms with E-state index in [1.807, 2.05) is 56.4 Å². The van der Waals surface area contributed by atoms with Crippen molar-refractivity contribution in [1.29, 1.82) is 0 Å². The third-order valence-corrected chi connectivity index (χ3v) is 7.74. The Bertz CT molecular complexity index is 1380. The van der Waals surface area contributed by atoms with Crippen LogP contribution in [-0.2, 0) is 7.05 Å². The van der Waals surface area contributed by atoms with Crippen LogP contribution in [0.25, 0.3) is 11.4 Å². The molecule has 4 aromatic rings. The first kappa shape index (κ1) is 23.3. The van der Waals surface area contributed by atoms with Crippen LogP contribution in [0.15, 0.2) is 64.5 Å². The number of hydrogen-bond donors (Lipinski definition) is 0. The molecule has 8 nitrogen and oxygen atoms in total. The number of tetrazole rings is 1. The molecule has 1 aliphatic carbocycles. The summed E-state index contributed by atoms with van der Waals surface area (Å²) in [6.45, 7) is 1.85. The zero-order chi connectivity index (χ0) is 24.4. The fourth-order valence-corrected chi connectivity index (χ4v) is 5.57. The number of benzene rings is 2. The van der Waals surface area contributed by atoms with Crippen molar-refractivity contribution in [3.63, 3.8) is 0 Å². The molecule has 9 heteroatoms. The van der Waals surface area contributed by atoms with E-state index in [1.54, 1.807) is 9.36 Å². The van der Waals surface area contributed by atoms with Gasteiger partial charge in [-0.1, -0.05) is 73.5 Å². The molecule has 2 aromatic heterocycles. The van der Waals surface area contributed by atoms with Crippen molar-refractivity contribution in [2.24, 2.45) is 7.05 Å². The second-order valence-corrected chi connectivity index (χ2v) is 9.89. The molecule has 0 unspecified atom stereocenters. The Morgan fingerprint density at radius 3 is 2.46 bits per heavy atom. The lowest BCUT2D eigenvalue weighted by molar-refractivity contribution is 0.102. The molecule has 35 heavy (non-hydrogen) atoms. The fourth-order valence-electron chi connectivity index (χ4n) is 4.80. The number of thioether (sulfide) groups is 1. The van der Waals surface area contributed by atoms with Crippen LogP contribution in [0.1, 0.15) is 59.6 Å². The van der Waals surface area contributed by atoms with Crippen LogP contribution in [0.3, 0.4) is 0 Å². The third-order valence-electron chi connectivity index (χ3n) is 6.82. The van der Waals surface area contributed by atoms with Gasteiger partial charge in [-0.2, -0.15) is 4.68 Å². The third kappa shape index (κ3) is 4.60. The first-order valence-electron chi connectivity index (χ1n) is 11.9. The maximum atomic E-state index is 13.3. The Balaban J connectivity index is 1.34. The van der Waals surface area contributed by atoms with E-state index in [0.29, 0.717) is 22.3 Å². The molecule has 5 rings (SSSR count). The molecule has 0 atom stereocenters. The molecule has 2 aromatic carbocycles. The van der Waals surface area contributed by atoms with Crippen molar-refractivity contribution in [1.82, 2.24) is 29.6 Å². The molecular weight excluding hydrogens is 460 g/mol. The predicted octanol–water partition coefficient (Wildman–Crippen LogP) is 4.48. The first-order valence-corrected chi connectivity index (χ1v) is 12.9. The van der Waals surface area contributed by atoms with Gasteiger partial charge in [0.25, 0.3) is 5.56 Å². The number of carbonyl (C=O) groups is 1. The van der Waals surface area contributed by atoms with Crippen molar-refractivity contribution >= 4 is 17.5 Å². The van der Waals surface area contributed by atoms with Gasteiger partial charge in [-0.3, -0.25) is 14.3 Å². The van der Waals surface area contributed by atoms with E-state index in [4.69, 9.17) is 0 Å². The summed E-state index contributed by atoms with van der Waals surface area (Å²) in [6, 6.07) is 17.5. The second kappa shape index (κ2) is 10.0.